The van der Waals surface area contributed by atoms with Crippen LogP contribution in [0.3, 0.4) is 0 Å². The van der Waals surface area contributed by atoms with Crippen LogP contribution in [0, 0.1) is 5.82 Å². The number of thioether (sulfide) groups is 1. The molecule has 22 heavy (non-hydrogen) atoms. The minimum atomic E-state index is -0.222. The Labute approximate surface area is 138 Å². The molecule has 3 rings (SSSR count). The lowest BCUT2D eigenvalue weighted by atomic mass is 10.1. The number of hydrogen-bond acceptors (Lipinski definition) is 3. The number of aryl methyl sites for hydroxylation is 1. The maximum Gasteiger partial charge on any atom is 0.123 e. The highest BCUT2D eigenvalue weighted by Gasteiger charge is 2.14. The highest BCUT2D eigenvalue weighted by molar-refractivity contribution is 7.98. The van der Waals surface area contributed by atoms with Gasteiger partial charge in [0.25, 0.3) is 0 Å². The van der Waals surface area contributed by atoms with E-state index in [-0.39, 0.29) is 5.82 Å². The quantitative estimate of drug-likeness (QED) is 0.553. The van der Waals surface area contributed by atoms with Gasteiger partial charge in [-0.05, 0) is 54.6 Å². The van der Waals surface area contributed by atoms with Gasteiger partial charge in [0.05, 0.1) is 15.6 Å². The Morgan fingerprint density at radius 2 is 1.64 bits per heavy atom. The van der Waals surface area contributed by atoms with Crippen molar-refractivity contribution in [2.45, 2.75) is 18.2 Å². The van der Waals surface area contributed by atoms with Crippen LogP contribution in [0.2, 0.25) is 0 Å². The average molecular weight is 329 g/mol. The lowest BCUT2D eigenvalue weighted by molar-refractivity contribution is 0.628. The molecule has 0 bridgehead atoms. The zero-order valence-electron chi connectivity index (χ0n) is 12.5. The first-order chi connectivity index (χ1) is 10.7. The molecule has 1 nitrogen and oxygen atoms in total. The fourth-order valence-corrected chi connectivity index (χ4v) is 3.70. The number of hydrogen-bond donors (Lipinski definition) is 0. The molecule has 112 valence electrons. The van der Waals surface area contributed by atoms with E-state index in [2.05, 4.69) is 37.4 Å². The molecule has 0 aliphatic heterocycles. The summed E-state index contributed by atoms with van der Waals surface area (Å²) >= 11 is 3.44. The predicted molar refractivity (Wildman–Crippen MR) is 94.1 cm³/mol. The molecule has 1 heterocycles. The Morgan fingerprint density at radius 3 is 2.23 bits per heavy atom. The third-order valence-corrected chi connectivity index (χ3v) is 5.44. The number of nitrogens with zero attached hydrogens (tertiary/aromatic N) is 1. The topological polar surface area (TPSA) is 12.9 Å². The van der Waals surface area contributed by atoms with Gasteiger partial charge < -0.3 is 0 Å². The van der Waals surface area contributed by atoms with E-state index < -0.39 is 0 Å². The van der Waals surface area contributed by atoms with Crippen molar-refractivity contribution >= 4 is 23.1 Å². The zero-order chi connectivity index (χ0) is 15.5. The number of benzene rings is 2. The standard InChI is InChI=1S/C18H16FNS2/c1-3-16-20-17(12-4-8-14(19)9-5-12)18(22-16)13-6-10-15(21-2)11-7-13/h4-11H,3H2,1-2H3. The Hall–Kier alpha value is -1.65. The molecule has 1 aromatic heterocycles. The molecule has 0 saturated heterocycles. The van der Waals surface area contributed by atoms with Crippen LogP contribution in [-0.4, -0.2) is 11.2 Å². The molecule has 0 saturated carbocycles. The summed E-state index contributed by atoms with van der Waals surface area (Å²) in [4.78, 5) is 7.13. The Bertz CT molecular complexity index is 761. The molecule has 0 aliphatic rings. The first kappa shape index (κ1) is 15.3. The van der Waals surface area contributed by atoms with Gasteiger partial charge in [-0.1, -0.05) is 19.1 Å². The van der Waals surface area contributed by atoms with Crippen LogP contribution in [-0.2, 0) is 6.42 Å². The summed E-state index contributed by atoms with van der Waals surface area (Å²) in [6.07, 6.45) is 2.97. The van der Waals surface area contributed by atoms with Gasteiger partial charge in [0.1, 0.15) is 5.82 Å². The van der Waals surface area contributed by atoms with Crippen molar-refractivity contribution in [2.75, 3.05) is 6.26 Å². The lowest BCUT2D eigenvalue weighted by Gasteiger charge is -2.04. The smallest absolute Gasteiger partial charge is 0.123 e. The van der Waals surface area contributed by atoms with Crippen molar-refractivity contribution in [3.63, 3.8) is 0 Å². The average Bonchev–Trinajstić information content (AvgIpc) is 3.00. The summed E-state index contributed by atoms with van der Waals surface area (Å²) in [5.74, 6) is -0.222. The van der Waals surface area contributed by atoms with E-state index in [1.165, 1.54) is 17.0 Å². The molecule has 0 spiro atoms. The second kappa shape index (κ2) is 6.63. The maximum absolute atomic E-state index is 13.2. The summed E-state index contributed by atoms with van der Waals surface area (Å²) in [7, 11) is 0. The molecule has 0 radical (unpaired) electrons. The van der Waals surface area contributed by atoms with E-state index >= 15 is 0 Å². The monoisotopic (exact) mass is 329 g/mol. The van der Waals surface area contributed by atoms with E-state index in [0.717, 1.165) is 33.1 Å². The van der Waals surface area contributed by atoms with Gasteiger partial charge in [0.2, 0.25) is 0 Å². The van der Waals surface area contributed by atoms with Crippen molar-refractivity contribution < 1.29 is 4.39 Å². The van der Waals surface area contributed by atoms with Crippen LogP contribution in [0.15, 0.2) is 53.4 Å². The molecule has 0 unspecified atom stereocenters. The minimum absolute atomic E-state index is 0.222. The fourth-order valence-electron chi connectivity index (χ4n) is 2.26. The van der Waals surface area contributed by atoms with Gasteiger partial charge in [-0.25, -0.2) is 9.37 Å². The first-order valence-corrected chi connectivity index (χ1v) is 9.15. The van der Waals surface area contributed by atoms with Gasteiger partial charge in [0, 0.05) is 10.5 Å². The number of halogens is 1. The molecular weight excluding hydrogens is 313 g/mol. The summed E-state index contributed by atoms with van der Waals surface area (Å²) in [5.41, 5.74) is 3.06. The van der Waals surface area contributed by atoms with Crippen LogP contribution >= 0.6 is 23.1 Å². The molecule has 0 atom stereocenters. The lowest BCUT2D eigenvalue weighted by Crippen LogP contribution is -1.84. The van der Waals surface area contributed by atoms with Crippen molar-refractivity contribution in [1.29, 1.82) is 0 Å². The SMILES string of the molecule is CCc1nc(-c2ccc(F)cc2)c(-c2ccc(SC)cc2)s1. The van der Waals surface area contributed by atoms with Crippen molar-refractivity contribution in [3.8, 4) is 21.7 Å². The van der Waals surface area contributed by atoms with Crippen molar-refractivity contribution in [2.24, 2.45) is 0 Å². The normalized spacial score (nSPS) is 10.9. The van der Waals surface area contributed by atoms with Gasteiger partial charge in [-0.2, -0.15) is 0 Å². The number of rotatable bonds is 4. The molecular formula is C18H16FNS2. The highest BCUT2D eigenvalue weighted by Crippen LogP contribution is 2.37. The number of aromatic nitrogens is 1. The van der Waals surface area contributed by atoms with E-state index in [1.807, 2.05) is 0 Å². The van der Waals surface area contributed by atoms with Crippen LogP contribution < -0.4 is 0 Å². The van der Waals surface area contributed by atoms with Gasteiger partial charge in [-0.15, -0.1) is 23.1 Å². The number of thiazole rings is 1. The second-order valence-corrected chi connectivity index (χ2v) is 6.84. The molecule has 0 aliphatic carbocycles. The Morgan fingerprint density at radius 1 is 1.00 bits per heavy atom. The largest absolute Gasteiger partial charge is 0.241 e. The third-order valence-electron chi connectivity index (χ3n) is 3.44. The summed E-state index contributed by atoms with van der Waals surface area (Å²) in [5, 5.41) is 1.10. The van der Waals surface area contributed by atoms with E-state index in [4.69, 9.17) is 4.98 Å². The van der Waals surface area contributed by atoms with Gasteiger partial charge in [-0.3, -0.25) is 0 Å². The molecule has 4 heteroatoms. The van der Waals surface area contributed by atoms with E-state index in [1.54, 1.807) is 35.2 Å². The zero-order valence-corrected chi connectivity index (χ0v) is 14.1. The Balaban J connectivity index is 2.09. The van der Waals surface area contributed by atoms with Gasteiger partial charge in [0.15, 0.2) is 0 Å². The van der Waals surface area contributed by atoms with E-state index in [9.17, 15) is 4.39 Å². The maximum atomic E-state index is 13.2. The van der Waals surface area contributed by atoms with E-state index in [0.29, 0.717) is 0 Å². The molecule has 3 aromatic rings. The summed E-state index contributed by atoms with van der Waals surface area (Å²) < 4.78 is 13.2. The third kappa shape index (κ3) is 3.08. The predicted octanol–water partition coefficient (Wildman–Crippen LogP) is 5.90. The summed E-state index contributed by atoms with van der Waals surface area (Å²) in [6.45, 7) is 2.11. The minimum Gasteiger partial charge on any atom is -0.241 e. The first-order valence-electron chi connectivity index (χ1n) is 7.11. The van der Waals surface area contributed by atoms with Crippen molar-refractivity contribution in [1.82, 2.24) is 4.98 Å². The van der Waals surface area contributed by atoms with Crippen LogP contribution in [0.25, 0.3) is 21.7 Å². The van der Waals surface area contributed by atoms with Crippen LogP contribution in [0.1, 0.15) is 11.9 Å². The molecule has 2 aromatic carbocycles. The summed E-state index contributed by atoms with van der Waals surface area (Å²) in [6, 6.07) is 15.1. The Kier molecular flexibility index (Phi) is 4.60. The second-order valence-electron chi connectivity index (χ2n) is 4.87. The van der Waals surface area contributed by atoms with Crippen LogP contribution in [0.5, 0.6) is 0 Å². The molecule has 0 N–H and O–H groups in total. The van der Waals surface area contributed by atoms with Crippen LogP contribution in [0.4, 0.5) is 4.39 Å². The molecule has 0 fully saturated rings. The fraction of sp³-hybridized carbons (Fsp3) is 0.167. The molecule has 0 amide bonds. The van der Waals surface area contributed by atoms with Crippen molar-refractivity contribution in [3.05, 3.63) is 59.4 Å². The highest BCUT2D eigenvalue weighted by atomic mass is 32.2. The van der Waals surface area contributed by atoms with Gasteiger partial charge >= 0.3 is 0 Å².